The Morgan fingerprint density at radius 1 is 1.07 bits per heavy atom. The van der Waals surface area contributed by atoms with Crippen LogP contribution in [0.1, 0.15) is 22.3 Å². The number of benzene rings is 2. The molecule has 1 aromatic heterocycles. The zero-order valence-electron chi connectivity index (χ0n) is 15.5. The molecule has 1 atom stereocenters. The van der Waals surface area contributed by atoms with Crippen LogP contribution in [-0.4, -0.2) is 41.9 Å². The average Bonchev–Trinajstić information content (AvgIpc) is 3.40. The largest absolute Gasteiger partial charge is 0.337 e. The van der Waals surface area contributed by atoms with Crippen LogP contribution in [0.3, 0.4) is 0 Å². The van der Waals surface area contributed by atoms with Gasteiger partial charge in [0, 0.05) is 38.3 Å². The van der Waals surface area contributed by atoms with Crippen LogP contribution in [0, 0.1) is 0 Å². The fourth-order valence-electron chi connectivity index (χ4n) is 3.72. The van der Waals surface area contributed by atoms with Crippen LogP contribution >= 0.6 is 11.3 Å². The van der Waals surface area contributed by atoms with Crippen molar-refractivity contribution in [3.8, 4) is 11.1 Å². The number of thiophene rings is 1. The summed E-state index contributed by atoms with van der Waals surface area (Å²) in [6.45, 7) is 2.92. The monoisotopic (exact) mass is 376 g/mol. The lowest BCUT2D eigenvalue weighted by atomic mass is 10.1. The topological polar surface area (TPSA) is 23.6 Å². The minimum atomic E-state index is 0.110. The van der Waals surface area contributed by atoms with Gasteiger partial charge in [-0.05, 0) is 52.1 Å². The van der Waals surface area contributed by atoms with Gasteiger partial charge >= 0.3 is 0 Å². The van der Waals surface area contributed by atoms with Crippen molar-refractivity contribution in [2.24, 2.45) is 0 Å². The maximum absolute atomic E-state index is 12.9. The molecule has 4 heteroatoms. The summed E-state index contributed by atoms with van der Waals surface area (Å²) in [6, 6.07) is 20.9. The van der Waals surface area contributed by atoms with E-state index in [-0.39, 0.29) is 11.9 Å². The molecule has 2 heterocycles. The van der Waals surface area contributed by atoms with Gasteiger partial charge < -0.3 is 4.90 Å². The van der Waals surface area contributed by atoms with Crippen molar-refractivity contribution in [1.29, 1.82) is 0 Å². The first kappa shape index (κ1) is 18.0. The van der Waals surface area contributed by atoms with Gasteiger partial charge in [0.15, 0.2) is 0 Å². The smallest absolute Gasteiger partial charge is 0.253 e. The number of likely N-dealkylation sites (tertiary alicyclic amines) is 1. The highest BCUT2D eigenvalue weighted by Gasteiger charge is 2.28. The maximum atomic E-state index is 12.9. The molecule has 3 aromatic rings. The van der Waals surface area contributed by atoms with Gasteiger partial charge in [0.25, 0.3) is 5.91 Å². The molecule has 0 radical (unpaired) electrons. The molecule has 0 aliphatic carbocycles. The van der Waals surface area contributed by atoms with Crippen LogP contribution in [-0.2, 0) is 6.54 Å². The number of rotatable bonds is 5. The van der Waals surface area contributed by atoms with E-state index in [2.05, 4.69) is 46.0 Å². The second-order valence-corrected chi connectivity index (χ2v) is 7.95. The maximum Gasteiger partial charge on any atom is 0.253 e. The highest BCUT2D eigenvalue weighted by molar-refractivity contribution is 7.08. The normalized spacial score (nSPS) is 17.1. The molecule has 0 bridgehead atoms. The quantitative estimate of drug-likeness (QED) is 0.641. The minimum Gasteiger partial charge on any atom is -0.337 e. The number of carbonyl (C=O) groups excluding carboxylic acids is 1. The highest BCUT2D eigenvalue weighted by Crippen LogP contribution is 2.24. The van der Waals surface area contributed by atoms with Crippen molar-refractivity contribution in [1.82, 2.24) is 9.80 Å². The lowest BCUT2D eigenvalue weighted by Crippen LogP contribution is -2.38. The Balaban J connectivity index is 1.38. The highest BCUT2D eigenvalue weighted by atomic mass is 32.1. The van der Waals surface area contributed by atoms with E-state index in [1.54, 1.807) is 11.3 Å². The average molecular weight is 377 g/mol. The first-order chi connectivity index (χ1) is 13.2. The van der Waals surface area contributed by atoms with Crippen LogP contribution < -0.4 is 0 Å². The van der Waals surface area contributed by atoms with Crippen molar-refractivity contribution in [3.05, 3.63) is 82.6 Å². The van der Waals surface area contributed by atoms with Crippen LogP contribution in [0.2, 0.25) is 0 Å². The van der Waals surface area contributed by atoms with E-state index in [0.717, 1.165) is 37.2 Å². The molecule has 27 heavy (non-hydrogen) atoms. The fourth-order valence-corrected chi connectivity index (χ4v) is 4.38. The Bertz CT molecular complexity index is 875. The van der Waals surface area contributed by atoms with E-state index in [4.69, 9.17) is 0 Å². The number of nitrogens with zero attached hydrogens (tertiary/aromatic N) is 2. The summed E-state index contributed by atoms with van der Waals surface area (Å²) in [5.74, 6) is 0.110. The number of hydrogen-bond donors (Lipinski definition) is 0. The summed E-state index contributed by atoms with van der Waals surface area (Å²) < 4.78 is 0. The molecule has 1 amide bonds. The predicted molar refractivity (Wildman–Crippen MR) is 112 cm³/mol. The summed E-state index contributed by atoms with van der Waals surface area (Å²) in [6.07, 6.45) is 1.03. The molecule has 0 N–H and O–H groups in total. The van der Waals surface area contributed by atoms with Crippen molar-refractivity contribution in [3.63, 3.8) is 0 Å². The second kappa shape index (κ2) is 8.07. The first-order valence-corrected chi connectivity index (χ1v) is 10.3. The van der Waals surface area contributed by atoms with E-state index < -0.39 is 0 Å². The molecule has 1 aliphatic rings. The number of likely N-dealkylation sites (N-methyl/N-ethyl adjacent to an activating group) is 1. The summed E-state index contributed by atoms with van der Waals surface area (Å²) in [5, 5.41) is 4.20. The van der Waals surface area contributed by atoms with Crippen molar-refractivity contribution in [2.45, 2.75) is 19.0 Å². The molecular formula is C23H24N2OS. The van der Waals surface area contributed by atoms with Crippen molar-refractivity contribution < 1.29 is 4.79 Å². The van der Waals surface area contributed by atoms with Gasteiger partial charge in [0.05, 0.1) is 0 Å². The van der Waals surface area contributed by atoms with E-state index in [0.29, 0.717) is 0 Å². The molecule has 2 aromatic carbocycles. The van der Waals surface area contributed by atoms with Gasteiger partial charge in [-0.15, -0.1) is 0 Å². The molecule has 1 fully saturated rings. The Morgan fingerprint density at radius 3 is 2.56 bits per heavy atom. The summed E-state index contributed by atoms with van der Waals surface area (Å²) in [4.78, 5) is 17.3. The molecular weight excluding hydrogens is 352 g/mol. The Hall–Kier alpha value is -2.43. The van der Waals surface area contributed by atoms with Crippen LogP contribution in [0.5, 0.6) is 0 Å². The van der Waals surface area contributed by atoms with E-state index >= 15 is 0 Å². The lowest BCUT2D eigenvalue weighted by Gasteiger charge is -2.25. The predicted octanol–water partition coefficient (Wildman–Crippen LogP) is 4.76. The van der Waals surface area contributed by atoms with Gasteiger partial charge in [-0.25, -0.2) is 0 Å². The molecule has 1 aliphatic heterocycles. The standard InChI is InChI=1S/C23H24N2OS/c1-24(22-11-13-25(16-22)15-18-5-3-2-4-6-18)23(26)20-9-7-19(8-10-20)21-12-14-27-17-21/h2-10,12,14,17,22H,11,13,15-16H2,1H3/t22-/m0/s1. The summed E-state index contributed by atoms with van der Waals surface area (Å²) in [7, 11) is 1.94. The van der Waals surface area contributed by atoms with Gasteiger partial charge in [0.1, 0.15) is 0 Å². The third-order valence-corrected chi connectivity index (χ3v) is 6.03. The SMILES string of the molecule is CN(C(=O)c1ccc(-c2ccsc2)cc1)[C@H]1CCN(Cc2ccccc2)C1. The first-order valence-electron chi connectivity index (χ1n) is 9.37. The van der Waals surface area contributed by atoms with E-state index in [9.17, 15) is 4.79 Å². The molecule has 0 unspecified atom stereocenters. The van der Waals surface area contributed by atoms with Gasteiger partial charge in [0.2, 0.25) is 0 Å². The van der Waals surface area contributed by atoms with Gasteiger partial charge in [-0.2, -0.15) is 11.3 Å². The lowest BCUT2D eigenvalue weighted by molar-refractivity contribution is 0.0735. The number of hydrogen-bond acceptors (Lipinski definition) is 3. The minimum absolute atomic E-state index is 0.110. The molecule has 3 nitrogen and oxygen atoms in total. The Labute approximate surface area is 164 Å². The van der Waals surface area contributed by atoms with Crippen LogP contribution in [0.25, 0.3) is 11.1 Å². The Kier molecular flexibility index (Phi) is 5.37. The molecule has 0 spiro atoms. The van der Waals surface area contributed by atoms with Crippen LogP contribution in [0.15, 0.2) is 71.4 Å². The zero-order valence-corrected chi connectivity index (χ0v) is 16.4. The number of amides is 1. The van der Waals surface area contributed by atoms with Gasteiger partial charge in [-0.3, -0.25) is 9.69 Å². The molecule has 4 rings (SSSR count). The third kappa shape index (κ3) is 4.12. The Morgan fingerprint density at radius 2 is 1.85 bits per heavy atom. The second-order valence-electron chi connectivity index (χ2n) is 7.17. The fraction of sp³-hybridized carbons (Fsp3) is 0.261. The zero-order chi connectivity index (χ0) is 18.6. The van der Waals surface area contributed by atoms with E-state index in [1.807, 2.05) is 42.3 Å². The van der Waals surface area contributed by atoms with Crippen molar-refractivity contribution in [2.75, 3.05) is 20.1 Å². The van der Waals surface area contributed by atoms with Gasteiger partial charge in [-0.1, -0.05) is 42.5 Å². The van der Waals surface area contributed by atoms with Crippen molar-refractivity contribution >= 4 is 17.2 Å². The van der Waals surface area contributed by atoms with E-state index in [1.165, 1.54) is 11.1 Å². The summed E-state index contributed by atoms with van der Waals surface area (Å²) >= 11 is 1.69. The third-order valence-electron chi connectivity index (χ3n) is 5.35. The molecule has 1 saturated heterocycles. The van der Waals surface area contributed by atoms with Crippen LogP contribution in [0.4, 0.5) is 0 Å². The molecule has 138 valence electrons. The number of carbonyl (C=O) groups is 1. The molecule has 0 saturated carbocycles. The summed E-state index contributed by atoms with van der Waals surface area (Å²) in [5.41, 5.74) is 4.46.